The Morgan fingerprint density at radius 3 is 2.22 bits per heavy atom. The Hall–Kier alpha value is -7.32. The third-order valence-electron chi connectivity index (χ3n) is 14.9. The highest BCUT2D eigenvalue weighted by atomic mass is 35.5. The molecule has 8 rings (SSSR count). The number of aromatic nitrogens is 3. The standard InChI is InChI=1S/C60H75ClFN11O11S/c1-36(38-11-13-39(14-12-38)53-37(2)65-35-85-53)66-56(78)47-31-42(75)33-73(47)57(79)54(60(3,4)5)67-48(76)34-84-28-27-83-26-25-82-24-23-81-22-21-70(6)49(77)15-16-64-59-68-52-45(55(69-59)71-17-19-72(20-18-71)58(63)80)32-46(61)50(51(52)62)44-30-41(74)29-40-9-7-8-10-43(40)44/h7-14,29-30,32,35-36,42,47,54,74-75H,15-28,31,33-34H2,1-6H3,(H2,63,80)(H,66,78)(H,67,76)(H,64,68,69)/t36-,42+,47-,54+/m0/s1. The number of primary amides is 1. The molecule has 0 saturated carbocycles. The first-order chi connectivity index (χ1) is 40.7. The first kappa shape index (κ1) is 63.7. The number of carbonyl (C=O) groups is 5. The molecule has 0 spiro atoms. The van der Waals surface area contributed by atoms with Crippen molar-refractivity contribution in [3.05, 3.63) is 94.3 Å². The number of halogens is 2. The lowest BCUT2D eigenvalue weighted by molar-refractivity contribution is -0.144. The molecule has 4 heterocycles. The number of aliphatic hydroxyl groups excluding tert-OH is 1. The number of fused-ring (bicyclic) bond motifs is 2. The number of aliphatic hydroxyl groups is 1. The number of carbonyl (C=O) groups excluding carboxylic acids is 5. The summed E-state index contributed by atoms with van der Waals surface area (Å²) in [5, 5.41) is 32.0. The zero-order valence-corrected chi connectivity index (χ0v) is 50.3. The minimum absolute atomic E-state index is 0.0194. The zero-order valence-electron chi connectivity index (χ0n) is 48.7. The van der Waals surface area contributed by atoms with Crippen LogP contribution in [0.4, 0.5) is 21.0 Å². The van der Waals surface area contributed by atoms with Crippen LogP contribution in [0.1, 0.15) is 57.8 Å². The summed E-state index contributed by atoms with van der Waals surface area (Å²) in [6, 6.07) is 16.9. The molecular weight excluding hydrogens is 1140 g/mol. The van der Waals surface area contributed by atoms with Gasteiger partial charge in [-0.1, -0.05) is 80.9 Å². The smallest absolute Gasteiger partial charge is 0.314 e. The Labute approximate surface area is 502 Å². The van der Waals surface area contributed by atoms with Crippen molar-refractivity contribution in [2.24, 2.45) is 11.1 Å². The van der Waals surface area contributed by atoms with Crippen LogP contribution in [0.3, 0.4) is 0 Å². The Morgan fingerprint density at radius 2 is 1.56 bits per heavy atom. The van der Waals surface area contributed by atoms with Gasteiger partial charge >= 0.3 is 6.03 Å². The van der Waals surface area contributed by atoms with Gasteiger partial charge in [-0.25, -0.2) is 19.2 Å². The number of thiazole rings is 1. The van der Waals surface area contributed by atoms with Crippen LogP contribution in [-0.2, 0) is 38.1 Å². The lowest BCUT2D eigenvalue weighted by Gasteiger charge is -2.35. The van der Waals surface area contributed by atoms with Crippen molar-refractivity contribution in [3.63, 3.8) is 0 Å². The van der Waals surface area contributed by atoms with Crippen LogP contribution in [0.5, 0.6) is 5.75 Å². The van der Waals surface area contributed by atoms with Crippen molar-refractivity contribution in [2.45, 2.75) is 71.7 Å². The van der Waals surface area contributed by atoms with Crippen LogP contribution in [0.15, 0.2) is 72.2 Å². The van der Waals surface area contributed by atoms with Crippen molar-refractivity contribution in [2.75, 3.05) is 116 Å². The molecule has 2 aliphatic heterocycles. The number of ether oxygens (including phenoxy) is 4. The number of β-amino-alcohol motifs (C(OH)–C–C–N with tert-alkyl or cyclic N) is 1. The van der Waals surface area contributed by atoms with Gasteiger partial charge in [-0.15, -0.1) is 11.3 Å². The number of nitrogens with zero attached hydrogens (tertiary/aromatic N) is 7. The number of nitrogens with one attached hydrogen (secondary N) is 3. The zero-order chi connectivity index (χ0) is 61.0. The van der Waals surface area contributed by atoms with E-state index in [0.717, 1.165) is 21.7 Å². The maximum absolute atomic E-state index is 17.0. The van der Waals surface area contributed by atoms with Gasteiger partial charge in [-0.2, -0.15) is 4.98 Å². The molecule has 456 valence electrons. The minimum atomic E-state index is -1.01. The van der Waals surface area contributed by atoms with E-state index in [0.29, 0.717) is 60.3 Å². The van der Waals surface area contributed by atoms with Crippen LogP contribution in [0.2, 0.25) is 5.02 Å². The molecule has 7 N–H and O–H groups in total. The van der Waals surface area contributed by atoms with E-state index in [1.54, 1.807) is 36.0 Å². The fourth-order valence-electron chi connectivity index (χ4n) is 10.2. The summed E-state index contributed by atoms with van der Waals surface area (Å²) in [5.74, 6) is -1.87. The molecule has 4 aromatic carbocycles. The van der Waals surface area contributed by atoms with Crippen molar-refractivity contribution in [1.82, 2.24) is 40.3 Å². The summed E-state index contributed by atoms with van der Waals surface area (Å²) in [4.78, 5) is 86.9. The van der Waals surface area contributed by atoms with E-state index in [4.69, 9.17) is 41.3 Å². The van der Waals surface area contributed by atoms with Crippen LogP contribution in [0.25, 0.3) is 43.2 Å². The number of likely N-dealkylation sites (tertiary alicyclic amines) is 1. The molecule has 22 nitrogen and oxygen atoms in total. The molecule has 0 aliphatic carbocycles. The maximum atomic E-state index is 17.0. The SMILES string of the molecule is Cc1ncsc1-c1ccc([C@H](C)NC(=O)[C@@H]2C[C@@H](O)CN2C(=O)[C@@H](NC(=O)COCCOCCOCCOCCN(C)C(=O)CCNc2nc(N3CCN(C(N)=O)CC3)c3cc(Cl)c(-c4cc(O)cc5ccccc45)c(F)c3n2)C(C)(C)C)cc1. The van der Waals surface area contributed by atoms with Crippen LogP contribution < -0.4 is 26.6 Å². The third-order valence-corrected chi connectivity index (χ3v) is 16.2. The first-order valence-corrected chi connectivity index (χ1v) is 29.5. The minimum Gasteiger partial charge on any atom is -0.508 e. The lowest BCUT2D eigenvalue weighted by Crippen LogP contribution is -2.58. The molecule has 2 saturated heterocycles. The normalized spacial score (nSPS) is 16.2. The number of amides is 6. The van der Waals surface area contributed by atoms with Gasteiger partial charge in [0, 0.05) is 76.7 Å². The molecular formula is C60H75ClFN11O11S. The van der Waals surface area contributed by atoms with E-state index in [2.05, 4.69) is 25.9 Å². The number of hydrogen-bond donors (Lipinski definition) is 6. The van der Waals surface area contributed by atoms with Crippen LogP contribution in [-0.4, -0.2) is 193 Å². The fourth-order valence-corrected chi connectivity index (χ4v) is 11.3. The predicted molar refractivity (Wildman–Crippen MR) is 323 cm³/mol. The summed E-state index contributed by atoms with van der Waals surface area (Å²) >= 11 is 8.42. The van der Waals surface area contributed by atoms with Gasteiger partial charge < -0.3 is 70.4 Å². The summed E-state index contributed by atoms with van der Waals surface area (Å²) in [6.45, 7) is 12.3. The second kappa shape index (κ2) is 29.2. The number of anilines is 2. The van der Waals surface area contributed by atoms with Gasteiger partial charge in [0.05, 0.1) is 79.5 Å². The van der Waals surface area contributed by atoms with Gasteiger partial charge in [-0.3, -0.25) is 19.2 Å². The Kier molecular flexibility index (Phi) is 21.9. The largest absolute Gasteiger partial charge is 0.508 e. The molecule has 0 bridgehead atoms. The average Bonchev–Trinajstić information content (AvgIpc) is 1.53. The van der Waals surface area contributed by atoms with Gasteiger partial charge in [0.1, 0.15) is 35.8 Å². The number of phenols is 1. The molecule has 6 amide bonds. The number of hydrogen-bond acceptors (Lipinski definition) is 17. The highest BCUT2D eigenvalue weighted by Crippen LogP contribution is 2.42. The summed E-state index contributed by atoms with van der Waals surface area (Å²) in [7, 11) is 1.66. The number of phenolic OH excluding ortho intramolecular Hbond substituents is 1. The first-order valence-electron chi connectivity index (χ1n) is 28.3. The Balaban J connectivity index is 0.711. The maximum Gasteiger partial charge on any atom is 0.314 e. The Bertz CT molecular complexity index is 3330. The quantitative estimate of drug-likeness (QED) is 0.0326. The summed E-state index contributed by atoms with van der Waals surface area (Å²) < 4.78 is 39.4. The molecule has 2 fully saturated rings. The predicted octanol–water partition coefficient (Wildman–Crippen LogP) is 6.28. The van der Waals surface area contributed by atoms with Crippen molar-refractivity contribution in [3.8, 4) is 27.3 Å². The highest BCUT2D eigenvalue weighted by Gasteiger charge is 2.45. The van der Waals surface area contributed by atoms with E-state index < -0.39 is 53.2 Å². The number of urea groups is 1. The number of piperazine rings is 1. The monoisotopic (exact) mass is 1210 g/mol. The Morgan fingerprint density at radius 1 is 0.894 bits per heavy atom. The van der Waals surface area contributed by atoms with E-state index in [9.17, 15) is 34.2 Å². The molecule has 85 heavy (non-hydrogen) atoms. The third kappa shape index (κ3) is 16.4. The van der Waals surface area contributed by atoms with Crippen molar-refractivity contribution in [1.29, 1.82) is 0 Å². The van der Waals surface area contributed by atoms with E-state index in [1.165, 1.54) is 20.8 Å². The highest BCUT2D eigenvalue weighted by molar-refractivity contribution is 7.13. The molecule has 2 aromatic heterocycles. The number of aromatic hydroxyl groups is 1. The number of nitrogens with two attached hydrogens (primary N) is 1. The molecule has 2 aliphatic rings. The number of rotatable bonds is 26. The van der Waals surface area contributed by atoms with Crippen molar-refractivity contribution < 1.29 is 57.5 Å². The molecule has 25 heteroatoms. The molecule has 4 atom stereocenters. The van der Waals surface area contributed by atoms with E-state index in [-0.39, 0.29) is 119 Å². The van der Waals surface area contributed by atoms with Crippen LogP contribution >= 0.6 is 22.9 Å². The van der Waals surface area contributed by atoms with Gasteiger partial charge in [0.25, 0.3) is 0 Å². The van der Waals surface area contributed by atoms with Gasteiger partial charge in [0.2, 0.25) is 29.6 Å². The van der Waals surface area contributed by atoms with Gasteiger partial charge in [0.15, 0.2) is 5.82 Å². The lowest BCUT2D eigenvalue weighted by atomic mass is 9.85. The summed E-state index contributed by atoms with van der Waals surface area (Å²) in [6.07, 6.45) is -0.776. The van der Waals surface area contributed by atoms with Crippen molar-refractivity contribution >= 4 is 86.0 Å². The molecule has 0 radical (unpaired) electrons. The van der Waals surface area contributed by atoms with E-state index in [1.807, 2.05) is 88.0 Å². The second-order valence-electron chi connectivity index (χ2n) is 22.1. The fraction of sp³-hybridized carbons (Fsp3) is 0.467. The van der Waals surface area contributed by atoms with Crippen LogP contribution in [0, 0.1) is 18.2 Å². The van der Waals surface area contributed by atoms with Gasteiger partial charge in [-0.05, 0) is 64.9 Å². The number of aryl methyl sites for hydroxylation is 1. The average molecular weight is 1210 g/mol. The number of likely N-dealkylation sites (N-methyl/N-ethyl adjacent to an activating group) is 1. The molecule has 6 aromatic rings. The van der Waals surface area contributed by atoms with E-state index >= 15 is 4.39 Å². The summed E-state index contributed by atoms with van der Waals surface area (Å²) in [5.41, 5.74) is 9.89. The second-order valence-corrected chi connectivity index (χ2v) is 23.4. The molecule has 0 unspecified atom stereocenters. The number of benzene rings is 4. The topological polar surface area (TPSA) is 276 Å².